The van der Waals surface area contributed by atoms with Crippen LogP contribution in [-0.4, -0.2) is 54.3 Å². The van der Waals surface area contributed by atoms with Crippen molar-refractivity contribution in [1.29, 1.82) is 0 Å². The Morgan fingerprint density at radius 2 is 2.20 bits per heavy atom. The maximum atomic E-state index is 12.2. The van der Waals surface area contributed by atoms with Gasteiger partial charge in [-0.3, -0.25) is 0 Å². The number of hydrogen-bond donors (Lipinski definition) is 1. The second-order valence-electron chi connectivity index (χ2n) is 6.40. The van der Waals surface area contributed by atoms with Gasteiger partial charge in [-0.25, -0.2) is 4.79 Å². The molecule has 1 N–H and O–H groups in total. The number of thioether (sulfide) groups is 1. The van der Waals surface area contributed by atoms with Crippen LogP contribution in [0.4, 0.5) is 4.79 Å². The fourth-order valence-electron chi connectivity index (χ4n) is 2.93. The molecule has 0 spiro atoms. The number of nitrogens with zero attached hydrogens (tertiary/aromatic N) is 1. The number of rotatable bonds is 5. The lowest BCUT2D eigenvalue weighted by atomic mass is 10.2. The third kappa shape index (κ3) is 4.55. The number of carbonyl (C=O) groups excluding carboxylic acids is 1. The van der Waals surface area contributed by atoms with E-state index in [1.807, 2.05) is 16.7 Å². The molecule has 1 heterocycles. The molecule has 3 unspecified atom stereocenters. The average Bonchev–Trinajstić information content (AvgIpc) is 3.04. The SMILES string of the molecule is CSC1CCC(NC(=O)N2CCC(OCC(C)C)C2)C1. The van der Waals surface area contributed by atoms with E-state index >= 15 is 0 Å². The summed E-state index contributed by atoms with van der Waals surface area (Å²) in [6, 6.07) is 0.475. The lowest BCUT2D eigenvalue weighted by molar-refractivity contribution is 0.0435. The van der Waals surface area contributed by atoms with Gasteiger partial charge in [0.25, 0.3) is 0 Å². The monoisotopic (exact) mass is 300 g/mol. The van der Waals surface area contributed by atoms with E-state index in [0.717, 1.165) is 44.2 Å². The third-order valence-electron chi connectivity index (χ3n) is 4.14. The van der Waals surface area contributed by atoms with E-state index in [-0.39, 0.29) is 12.1 Å². The first kappa shape index (κ1) is 16.0. The van der Waals surface area contributed by atoms with E-state index in [0.29, 0.717) is 12.0 Å². The second-order valence-corrected chi connectivity index (χ2v) is 7.54. The van der Waals surface area contributed by atoms with Gasteiger partial charge in [0.1, 0.15) is 0 Å². The lowest BCUT2D eigenvalue weighted by Gasteiger charge is -2.21. The van der Waals surface area contributed by atoms with Crippen molar-refractivity contribution in [3.05, 3.63) is 0 Å². The number of likely N-dealkylation sites (tertiary alicyclic amines) is 1. The largest absolute Gasteiger partial charge is 0.376 e. The van der Waals surface area contributed by atoms with E-state index in [9.17, 15) is 4.79 Å². The summed E-state index contributed by atoms with van der Waals surface area (Å²) in [6.07, 6.45) is 6.83. The average molecular weight is 300 g/mol. The number of carbonyl (C=O) groups is 1. The Hall–Kier alpha value is -0.420. The normalized spacial score (nSPS) is 30.2. The zero-order valence-electron chi connectivity index (χ0n) is 12.9. The molecule has 2 fully saturated rings. The van der Waals surface area contributed by atoms with Crippen LogP contribution in [0.2, 0.25) is 0 Å². The molecule has 2 rings (SSSR count). The molecule has 1 aliphatic heterocycles. The molecule has 0 radical (unpaired) electrons. The fraction of sp³-hybridized carbons (Fsp3) is 0.933. The molecule has 1 aliphatic carbocycles. The predicted octanol–water partition coefficient (Wildman–Crippen LogP) is 2.73. The van der Waals surface area contributed by atoms with Crippen LogP contribution >= 0.6 is 11.8 Å². The first-order chi connectivity index (χ1) is 9.58. The summed E-state index contributed by atoms with van der Waals surface area (Å²) in [7, 11) is 0. The number of hydrogen-bond acceptors (Lipinski definition) is 3. The molecule has 20 heavy (non-hydrogen) atoms. The van der Waals surface area contributed by atoms with Gasteiger partial charge < -0.3 is 15.0 Å². The van der Waals surface area contributed by atoms with Crippen LogP contribution in [0.15, 0.2) is 0 Å². The molecule has 3 atom stereocenters. The van der Waals surface area contributed by atoms with Crippen molar-refractivity contribution >= 4 is 17.8 Å². The van der Waals surface area contributed by atoms with Crippen molar-refractivity contribution in [2.45, 2.75) is 56.9 Å². The highest BCUT2D eigenvalue weighted by molar-refractivity contribution is 7.99. The van der Waals surface area contributed by atoms with Crippen molar-refractivity contribution in [2.75, 3.05) is 26.0 Å². The molecule has 0 aromatic rings. The van der Waals surface area contributed by atoms with Crippen molar-refractivity contribution in [3.8, 4) is 0 Å². The van der Waals surface area contributed by atoms with E-state index in [1.165, 1.54) is 6.42 Å². The van der Waals surface area contributed by atoms with Crippen LogP contribution in [0.5, 0.6) is 0 Å². The molecule has 0 aromatic heterocycles. The standard InChI is InChI=1S/C15H28N2O2S/c1-11(2)10-19-13-6-7-17(9-13)15(18)16-12-4-5-14(8-12)20-3/h11-14H,4-10H2,1-3H3,(H,16,18). The molecule has 1 saturated carbocycles. The topological polar surface area (TPSA) is 41.6 Å². The van der Waals surface area contributed by atoms with Gasteiger partial charge >= 0.3 is 6.03 Å². The Bertz CT molecular complexity index is 325. The highest BCUT2D eigenvalue weighted by atomic mass is 32.2. The van der Waals surface area contributed by atoms with Crippen LogP contribution in [0, 0.1) is 5.92 Å². The molecular formula is C15H28N2O2S. The van der Waals surface area contributed by atoms with Crippen LogP contribution in [0.25, 0.3) is 0 Å². The van der Waals surface area contributed by atoms with Crippen molar-refractivity contribution in [2.24, 2.45) is 5.92 Å². The summed E-state index contributed by atoms with van der Waals surface area (Å²) in [5.74, 6) is 0.555. The Labute approximate surface area is 127 Å². The van der Waals surface area contributed by atoms with Gasteiger partial charge in [-0.1, -0.05) is 13.8 Å². The molecule has 116 valence electrons. The molecule has 4 nitrogen and oxygen atoms in total. The van der Waals surface area contributed by atoms with Crippen LogP contribution < -0.4 is 5.32 Å². The molecule has 5 heteroatoms. The molecule has 0 bridgehead atoms. The lowest BCUT2D eigenvalue weighted by Crippen LogP contribution is -2.43. The first-order valence-corrected chi connectivity index (χ1v) is 9.07. The molecule has 0 aromatic carbocycles. The smallest absolute Gasteiger partial charge is 0.317 e. The zero-order chi connectivity index (χ0) is 14.5. The summed E-state index contributed by atoms with van der Waals surface area (Å²) in [6.45, 7) is 6.67. The Morgan fingerprint density at radius 3 is 2.85 bits per heavy atom. The number of amides is 2. The Morgan fingerprint density at radius 1 is 1.40 bits per heavy atom. The highest BCUT2D eigenvalue weighted by Crippen LogP contribution is 2.28. The van der Waals surface area contributed by atoms with E-state index in [2.05, 4.69) is 25.4 Å². The Kier molecular flexibility index (Phi) is 6.02. The Balaban J connectivity index is 1.69. The van der Waals surface area contributed by atoms with Gasteiger partial charge in [-0.05, 0) is 37.9 Å². The maximum Gasteiger partial charge on any atom is 0.317 e. The summed E-state index contributed by atoms with van der Waals surface area (Å²) in [5, 5.41) is 3.91. The summed E-state index contributed by atoms with van der Waals surface area (Å²) in [4.78, 5) is 14.1. The number of nitrogens with one attached hydrogen (secondary N) is 1. The van der Waals surface area contributed by atoms with Crippen molar-refractivity contribution in [1.82, 2.24) is 10.2 Å². The first-order valence-electron chi connectivity index (χ1n) is 7.78. The summed E-state index contributed by atoms with van der Waals surface area (Å²) >= 11 is 1.92. The fourth-order valence-corrected chi connectivity index (χ4v) is 3.72. The van der Waals surface area contributed by atoms with E-state index in [1.54, 1.807) is 0 Å². The van der Waals surface area contributed by atoms with Gasteiger partial charge in [-0.15, -0.1) is 0 Å². The quantitative estimate of drug-likeness (QED) is 0.849. The minimum atomic E-state index is 0.104. The third-order valence-corrected chi connectivity index (χ3v) is 5.24. The van der Waals surface area contributed by atoms with Crippen molar-refractivity contribution in [3.63, 3.8) is 0 Å². The van der Waals surface area contributed by atoms with Gasteiger partial charge in [0.2, 0.25) is 0 Å². The van der Waals surface area contributed by atoms with E-state index < -0.39 is 0 Å². The second kappa shape index (κ2) is 7.55. The molecular weight excluding hydrogens is 272 g/mol. The van der Waals surface area contributed by atoms with Crippen LogP contribution in [0.3, 0.4) is 0 Å². The van der Waals surface area contributed by atoms with Gasteiger partial charge in [-0.2, -0.15) is 11.8 Å². The zero-order valence-corrected chi connectivity index (χ0v) is 13.7. The highest BCUT2D eigenvalue weighted by Gasteiger charge is 2.30. The number of ether oxygens (including phenoxy) is 1. The maximum absolute atomic E-state index is 12.2. The van der Waals surface area contributed by atoms with Crippen LogP contribution in [-0.2, 0) is 4.74 Å². The number of urea groups is 1. The molecule has 2 amide bonds. The molecule has 1 saturated heterocycles. The van der Waals surface area contributed by atoms with Crippen LogP contribution in [0.1, 0.15) is 39.5 Å². The van der Waals surface area contributed by atoms with Crippen molar-refractivity contribution < 1.29 is 9.53 Å². The van der Waals surface area contributed by atoms with Gasteiger partial charge in [0.05, 0.1) is 6.10 Å². The predicted molar refractivity (Wildman–Crippen MR) is 84.2 cm³/mol. The van der Waals surface area contributed by atoms with Gasteiger partial charge in [0.15, 0.2) is 0 Å². The minimum Gasteiger partial charge on any atom is -0.376 e. The summed E-state index contributed by atoms with van der Waals surface area (Å²) in [5.41, 5.74) is 0. The minimum absolute atomic E-state index is 0.104. The summed E-state index contributed by atoms with van der Waals surface area (Å²) < 4.78 is 5.82. The molecule has 2 aliphatic rings. The van der Waals surface area contributed by atoms with Gasteiger partial charge in [0, 0.05) is 31.0 Å². The van der Waals surface area contributed by atoms with E-state index in [4.69, 9.17) is 4.74 Å².